The van der Waals surface area contributed by atoms with Crippen molar-refractivity contribution in [2.45, 2.75) is 26.2 Å². The summed E-state index contributed by atoms with van der Waals surface area (Å²) in [5.41, 5.74) is 5.78. The molecular weight excluding hydrogens is 224 g/mol. The van der Waals surface area contributed by atoms with Gasteiger partial charge >= 0.3 is 0 Å². The van der Waals surface area contributed by atoms with E-state index in [-0.39, 0.29) is 0 Å². The van der Waals surface area contributed by atoms with Crippen LogP contribution in [-0.2, 0) is 0 Å². The van der Waals surface area contributed by atoms with Gasteiger partial charge in [0.2, 0.25) is 0 Å². The van der Waals surface area contributed by atoms with Crippen molar-refractivity contribution in [2.75, 3.05) is 13.1 Å². The van der Waals surface area contributed by atoms with E-state index in [4.69, 9.17) is 0 Å². The zero-order valence-corrected chi connectivity index (χ0v) is 10.8. The van der Waals surface area contributed by atoms with E-state index in [1.165, 1.54) is 23.2 Å². The molecule has 0 spiro atoms. The lowest BCUT2D eigenvalue weighted by molar-refractivity contribution is 0.731. The Morgan fingerprint density at radius 3 is 2.83 bits per heavy atom. The molecule has 4 heteroatoms. The molecular formula is C14H18N4. The van der Waals surface area contributed by atoms with Gasteiger partial charge in [0.1, 0.15) is 0 Å². The van der Waals surface area contributed by atoms with Crippen LogP contribution in [0.15, 0.2) is 18.3 Å². The van der Waals surface area contributed by atoms with Crippen LogP contribution in [-0.4, -0.2) is 28.3 Å². The molecule has 3 heterocycles. The minimum atomic E-state index is 0.552. The molecule has 0 aliphatic carbocycles. The Bertz CT molecular complexity index is 553. The van der Waals surface area contributed by atoms with Crippen molar-refractivity contribution in [3.8, 4) is 11.1 Å². The summed E-state index contributed by atoms with van der Waals surface area (Å²) in [7, 11) is 0. The highest BCUT2D eigenvalue weighted by atomic mass is 15.1. The van der Waals surface area contributed by atoms with Gasteiger partial charge in [0.15, 0.2) is 0 Å². The van der Waals surface area contributed by atoms with Gasteiger partial charge < -0.3 is 5.32 Å². The third-order valence-electron chi connectivity index (χ3n) is 3.59. The normalized spacial score (nSPS) is 19.3. The monoisotopic (exact) mass is 242 g/mol. The zero-order valence-electron chi connectivity index (χ0n) is 10.8. The highest BCUT2D eigenvalue weighted by Gasteiger charge is 2.19. The summed E-state index contributed by atoms with van der Waals surface area (Å²) in [5.74, 6) is 0.552. The fourth-order valence-corrected chi connectivity index (χ4v) is 2.61. The van der Waals surface area contributed by atoms with Crippen molar-refractivity contribution in [3.63, 3.8) is 0 Å². The van der Waals surface area contributed by atoms with Crippen molar-refractivity contribution >= 4 is 0 Å². The van der Waals surface area contributed by atoms with E-state index in [2.05, 4.69) is 46.5 Å². The standard InChI is InChI=1S/C14H18N4/c1-9-5-12(13-8-16-18-10(13)2)6-14(17-9)11-3-4-15-7-11/h5-6,8,11,15H,3-4,7H2,1-2H3,(H,16,18). The number of aromatic amines is 1. The summed E-state index contributed by atoms with van der Waals surface area (Å²) in [5, 5.41) is 10.5. The molecule has 1 saturated heterocycles. The quantitative estimate of drug-likeness (QED) is 0.848. The average Bonchev–Trinajstić information content (AvgIpc) is 2.98. The minimum Gasteiger partial charge on any atom is -0.316 e. The van der Waals surface area contributed by atoms with Gasteiger partial charge in [-0.15, -0.1) is 0 Å². The predicted molar refractivity (Wildman–Crippen MR) is 71.5 cm³/mol. The van der Waals surface area contributed by atoms with Crippen LogP contribution in [0.1, 0.15) is 29.4 Å². The Kier molecular flexibility index (Phi) is 2.88. The largest absolute Gasteiger partial charge is 0.316 e. The Hall–Kier alpha value is -1.68. The molecule has 1 unspecified atom stereocenters. The molecule has 0 saturated carbocycles. The Balaban J connectivity index is 2.03. The molecule has 0 aromatic carbocycles. The maximum Gasteiger partial charge on any atom is 0.0568 e. The molecule has 1 fully saturated rings. The lowest BCUT2D eigenvalue weighted by Gasteiger charge is -2.11. The summed E-state index contributed by atoms with van der Waals surface area (Å²) < 4.78 is 0. The van der Waals surface area contributed by atoms with E-state index in [1.54, 1.807) is 0 Å². The molecule has 3 rings (SSSR count). The van der Waals surface area contributed by atoms with Crippen LogP contribution < -0.4 is 5.32 Å². The summed E-state index contributed by atoms with van der Waals surface area (Å²) in [4.78, 5) is 4.68. The molecule has 94 valence electrons. The van der Waals surface area contributed by atoms with Crippen molar-refractivity contribution in [1.82, 2.24) is 20.5 Å². The number of nitrogens with zero attached hydrogens (tertiary/aromatic N) is 2. The number of pyridine rings is 1. The second-order valence-corrected chi connectivity index (χ2v) is 5.02. The fraction of sp³-hybridized carbons (Fsp3) is 0.429. The van der Waals surface area contributed by atoms with Crippen LogP contribution in [0.5, 0.6) is 0 Å². The topological polar surface area (TPSA) is 53.6 Å². The number of rotatable bonds is 2. The first kappa shape index (κ1) is 11.4. The second kappa shape index (κ2) is 4.53. The van der Waals surface area contributed by atoms with E-state index in [9.17, 15) is 0 Å². The van der Waals surface area contributed by atoms with Crippen LogP contribution in [0.2, 0.25) is 0 Å². The van der Waals surface area contributed by atoms with Gasteiger partial charge in [-0.1, -0.05) is 0 Å². The molecule has 0 bridgehead atoms. The van der Waals surface area contributed by atoms with Gasteiger partial charge in [-0.3, -0.25) is 10.1 Å². The van der Waals surface area contributed by atoms with Gasteiger partial charge in [-0.2, -0.15) is 5.10 Å². The Labute approximate surface area is 107 Å². The molecule has 18 heavy (non-hydrogen) atoms. The van der Waals surface area contributed by atoms with Crippen molar-refractivity contribution in [3.05, 3.63) is 35.4 Å². The molecule has 1 atom stereocenters. The third-order valence-corrected chi connectivity index (χ3v) is 3.59. The summed E-state index contributed by atoms with van der Waals surface area (Å²) in [6.45, 7) is 6.25. The first-order valence-corrected chi connectivity index (χ1v) is 6.43. The first-order chi connectivity index (χ1) is 8.74. The fourth-order valence-electron chi connectivity index (χ4n) is 2.61. The smallest absolute Gasteiger partial charge is 0.0568 e. The Morgan fingerprint density at radius 1 is 1.28 bits per heavy atom. The molecule has 2 aromatic heterocycles. The SMILES string of the molecule is Cc1cc(-c2cn[nH]c2C)cc(C2CCNC2)n1. The number of H-pyrrole nitrogens is 1. The maximum absolute atomic E-state index is 4.68. The lowest BCUT2D eigenvalue weighted by Crippen LogP contribution is -2.09. The van der Waals surface area contributed by atoms with Gasteiger partial charge in [-0.25, -0.2) is 0 Å². The average molecular weight is 242 g/mol. The highest BCUT2D eigenvalue weighted by Crippen LogP contribution is 2.27. The summed E-state index contributed by atoms with van der Waals surface area (Å²) >= 11 is 0. The van der Waals surface area contributed by atoms with E-state index in [1.807, 2.05) is 6.20 Å². The highest BCUT2D eigenvalue weighted by molar-refractivity contribution is 5.65. The zero-order chi connectivity index (χ0) is 12.5. The predicted octanol–water partition coefficient (Wildman–Crippen LogP) is 2.17. The molecule has 2 N–H and O–H groups in total. The van der Waals surface area contributed by atoms with Crippen LogP contribution in [0.25, 0.3) is 11.1 Å². The molecule has 1 aliphatic heterocycles. The van der Waals surface area contributed by atoms with Gasteiger partial charge in [-0.05, 0) is 44.5 Å². The lowest BCUT2D eigenvalue weighted by atomic mass is 9.99. The molecule has 1 aliphatic rings. The number of hydrogen-bond donors (Lipinski definition) is 2. The number of hydrogen-bond acceptors (Lipinski definition) is 3. The van der Waals surface area contributed by atoms with E-state index in [0.29, 0.717) is 5.92 Å². The van der Waals surface area contributed by atoms with Gasteiger partial charge in [0.05, 0.1) is 6.20 Å². The first-order valence-electron chi connectivity index (χ1n) is 6.43. The Morgan fingerprint density at radius 2 is 2.17 bits per heavy atom. The number of nitrogens with one attached hydrogen (secondary N) is 2. The van der Waals surface area contributed by atoms with Crippen LogP contribution in [0, 0.1) is 13.8 Å². The molecule has 0 radical (unpaired) electrons. The van der Waals surface area contributed by atoms with Gasteiger partial charge in [0.25, 0.3) is 0 Å². The third kappa shape index (κ3) is 2.04. The number of aromatic nitrogens is 3. The van der Waals surface area contributed by atoms with E-state index in [0.717, 1.165) is 24.5 Å². The minimum absolute atomic E-state index is 0.552. The van der Waals surface area contributed by atoms with Crippen molar-refractivity contribution in [1.29, 1.82) is 0 Å². The number of aryl methyl sites for hydroxylation is 2. The van der Waals surface area contributed by atoms with Gasteiger partial charge in [0, 0.05) is 35.1 Å². The van der Waals surface area contributed by atoms with Crippen LogP contribution in [0.3, 0.4) is 0 Å². The van der Waals surface area contributed by atoms with E-state index >= 15 is 0 Å². The second-order valence-electron chi connectivity index (χ2n) is 5.02. The van der Waals surface area contributed by atoms with Crippen LogP contribution >= 0.6 is 0 Å². The summed E-state index contributed by atoms with van der Waals surface area (Å²) in [6.07, 6.45) is 3.07. The summed E-state index contributed by atoms with van der Waals surface area (Å²) in [6, 6.07) is 4.34. The van der Waals surface area contributed by atoms with Crippen LogP contribution in [0.4, 0.5) is 0 Å². The molecule has 0 amide bonds. The van der Waals surface area contributed by atoms with E-state index < -0.39 is 0 Å². The maximum atomic E-state index is 4.68. The molecule has 4 nitrogen and oxygen atoms in total. The van der Waals surface area contributed by atoms with Crippen molar-refractivity contribution in [2.24, 2.45) is 0 Å². The molecule has 2 aromatic rings. The van der Waals surface area contributed by atoms with Crippen molar-refractivity contribution < 1.29 is 0 Å².